The molecule has 0 atom stereocenters. The lowest BCUT2D eigenvalue weighted by Crippen LogP contribution is -2.00. The van der Waals surface area contributed by atoms with Crippen LogP contribution in [0, 0.1) is 10.6 Å². The fourth-order valence-corrected chi connectivity index (χ4v) is 2.23. The second kappa shape index (κ2) is 4.22. The van der Waals surface area contributed by atoms with E-state index in [1.807, 2.05) is 0 Å². The zero-order valence-electron chi connectivity index (χ0n) is 8.98. The summed E-state index contributed by atoms with van der Waals surface area (Å²) in [5, 5.41) is 3.87. The molecule has 92 valence electrons. The Morgan fingerprint density at radius 1 is 1.50 bits per heavy atom. The van der Waals surface area contributed by atoms with Crippen molar-refractivity contribution in [3.8, 4) is 0 Å². The highest BCUT2D eigenvalue weighted by molar-refractivity contribution is 7.71. The lowest BCUT2D eigenvalue weighted by Gasteiger charge is -2.01. The van der Waals surface area contributed by atoms with E-state index >= 15 is 0 Å². The van der Waals surface area contributed by atoms with E-state index in [0.717, 1.165) is 0 Å². The van der Waals surface area contributed by atoms with Gasteiger partial charge in [-0.05, 0) is 18.3 Å². The highest BCUT2D eigenvalue weighted by Crippen LogP contribution is 2.23. The average Bonchev–Trinajstić information content (AvgIpc) is 2.92. The van der Waals surface area contributed by atoms with Gasteiger partial charge in [0.15, 0.2) is 4.77 Å². The Morgan fingerprint density at radius 2 is 2.33 bits per heavy atom. The standard InChI is InChI=1S/C11H7ClFN3OS/c12-7-3-9-10(4-8(7)13)16(11(18)14-9)5-6-1-2-17-15-6/h1-4H,5H2,(H,14,18). The van der Waals surface area contributed by atoms with Crippen LogP contribution >= 0.6 is 23.8 Å². The molecule has 0 saturated heterocycles. The minimum atomic E-state index is -0.480. The summed E-state index contributed by atoms with van der Waals surface area (Å²) in [5.74, 6) is -0.480. The number of halogens is 2. The molecule has 0 radical (unpaired) electrons. The third kappa shape index (κ3) is 1.83. The largest absolute Gasteiger partial charge is 0.364 e. The maximum Gasteiger partial charge on any atom is 0.178 e. The maximum atomic E-state index is 13.5. The Labute approximate surface area is 111 Å². The minimum absolute atomic E-state index is 0.0623. The van der Waals surface area contributed by atoms with E-state index in [-0.39, 0.29) is 5.02 Å². The van der Waals surface area contributed by atoms with Crippen LogP contribution in [0.4, 0.5) is 4.39 Å². The van der Waals surface area contributed by atoms with Crippen molar-refractivity contribution in [2.45, 2.75) is 6.54 Å². The number of aromatic amines is 1. The SMILES string of the molecule is Fc1cc2c(cc1Cl)[nH]c(=S)n2Cc1ccon1. The summed E-state index contributed by atoms with van der Waals surface area (Å²) in [6, 6.07) is 4.60. The zero-order chi connectivity index (χ0) is 12.7. The van der Waals surface area contributed by atoms with E-state index < -0.39 is 5.82 Å². The van der Waals surface area contributed by atoms with Crippen molar-refractivity contribution in [3.63, 3.8) is 0 Å². The molecule has 0 amide bonds. The van der Waals surface area contributed by atoms with Crippen LogP contribution in [0.25, 0.3) is 11.0 Å². The van der Waals surface area contributed by atoms with Crippen LogP contribution in [0.5, 0.6) is 0 Å². The van der Waals surface area contributed by atoms with Gasteiger partial charge in [-0.1, -0.05) is 16.8 Å². The van der Waals surface area contributed by atoms with Crippen molar-refractivity contribution in [3.05, 3.63) is 45.8 Å². The quantitative estimate of drug-likeness (QED) is 0.732. The van der Waals surface area contributed by atoms with E-state index in [2.05, 4.69) is 10.1 Å². The molecule has 0 saturated carbocycles. The molecule has 3 aromatic rings. The van der Waals surface area contributed by atoms with Crippen LogP contribution in [0.1, 0.15) is 5.69 Å². The van der Waals surface area contributed by atoms with Gasteiger partial charge < -0.3 is 14.1 Å². The first kappa shape index (κ1) is 11.4. The number of imidazole rings is 1. The van der Waals surface area contributed by atoms with Crippen LogP contribution < -0.4 is 0 Å². The van der Waals surface area contributed by atoms with Gasteiger partial charge >= 0.3 is 0 Å². The fourth-order valence-electron chi connectivity index (χ4n) is 1.79. The fraction of sp³-hybridized carbons (Fsp3) is 0.0909. The van der Waals surface area contributed by atoms with E-state index in [9.17, 15) is 4.39 Å². The normalized spacial score (nSPS) is 11.2. The second-order valence-electron chi connectivity index (χ2n) is 3.79. The Morgan fingerprint density at radius 3 is 3.06 bits per heavy atom. The highest BCUT2D eigenvalue weighted by atomic mass is 35.5. The first-order valence-corrected chi connectivity index (χ1v) is 5.90. The van der Waals surface area contributed by atoms with Crippen LogP contribution in [-0.2, 0) is 6.54 Å². The lowest BCUT2D eigenvalue weighted by molar-refractivity contribution is 0.410. The van der Waals surface area contributed by atoms with Crippen molar-refractivity contribution < 1.29 is 8.91 Å². The molecule has 2 heterocycles. The van der Waals surface area contributed by atoms with Gasteiger partial charge in [-0.25, -0.2) is 4.39 Å². The van der Waals surface area contributed by atoms with Crippen LogP contribution in [0.2, 0.25) is 5.02 Å². The van der Waals surface area contributed by atoms with Crippen LogP contribution in [0.15, 0.2) is 29.0 Å². The molecule has 3 rings (SSSR count). The van der Waals surface area contributed by atoms with Crippen molar-refractivity contribution in [1.82, 2.24) is 14.7 Å². The lowest BCUT2D eigenvalue weighted by atomic mass is 10.3. The number of hydrogen-bond donors (Lipinski definition) is 1. The van der Waals surface area contributed by atoms with Crippen LogP contribution in [0.3, 0.4) is 0 Å². The number of hydrogen-bond acceptors (Lipinski definition) is 3. The van der Waals surface area contributed by atoms with Gasteiger partial charge in [0.2, 0.25) is 0 Å². The van der Waals surface area contributed by atoms with Gasteiger partial charge in [0, 0.05) is 12.1 Å². The van der Waals surface area contributed by atoms with E-state index in [1.54, 1.807) is 10.6 Å². The predicted octanol–water partition coefficient (Wildman–Crippen LogP) is 3.53. The van der Waals surface area contributed by atoms with Gasteiger partial charge in [-0.15, -0.1) is 0 Å². The molecule has 0 unspecified atom stereocenters. The molecule has 7 heteroatoms. The maximum absolute atomic E-state index is 13.5. The summed E-state index contributed by atoms with van der Waals surface area (Å²) >= 11 is 10.9. The Bertz CT molecular complexity index is 763. The average molecular weight is 284 g/mol. The van der Waals surface area contributed by atoms with E-state index in [4.69, 9.17) is 28.3 Å². The smallest absolute Gasteiger partial charge is 0.178 e. The number of H-pyrrole nitrogens is 1. The molecule has 0 aliphatic carbocycles. The molecule has 4 nitrogen and oxygen atoms in total. The topological polar surface area (TPSA) is 46.8 Å². The Kier molecular flexibility index (Phi) is 2.68. The van der Waals surface area contributed by atoms with Crippen LogP contribution in [-0.4, -0.2) is 14.7 Å². The first-order chi connectivity index (χ1) is 8.65. The van der Waals surface area contributed by atoms with Gasteiger partial charge in [-0.2, -0.15) is 0 Å². The van der Waals surface area contributed by atoms with Crippen molar-refractivity contribution in [2.24, 2.45) is 0 Å². The van der Waals surface area contributed by atoms with Crippen molar-refractivity contribution >= 4 is 34.9 Å². The summed E-state index contributed by atoms with van der Waals surface area (Å²) in [6.07, 6.45) is 1.48. The summed E-state index contributed by atoms with van der Waals surface area (Å²) in [5.41, 5.74) is 2.04. The number of fused-ring (bicyclic) bond motifs is 1. The number of nitrogens with zero attached hydrogens (tertiary/aromatic N) is 2. The monoisotopic (exact) mass is 283 g/mol. The number of nitrogens with one attached hydrogen (secondary N) is 1. The summed E-state index contributed by atoms with van der Waals surface area (Å²) in [4.78, 5) is 2.98. The van der Waals surface area contributed by atoms with Gasteiger partial charge in [0.25, 0.3) is 0 Å². The van der Waals surface area contributed by atoms with Gasteiger partial charge in [-0.3, -0.25) is 0 Å². The number of aromatic nitrogens is 3. The van der Waals surface area contributed by atoms with Crippen molar-refractivity contribution in [2.75, 3.05) is 0 Å². The predicted molar refractivity (Wildman–Crippen MR) is 67.7 cm³/mol. The third-order valence-electron chi connectivity index (χ3n) is 2.63. The van der Waals surface area contributed by atoms with E-state index in [1.165, 1.54) is 18.4 Å². The van der Waals surface area contributed by atoms with Crippen molar-refractivity contribution in [1.29, 1.82) is 0 Å². The first-order valence-electron chi connectivity index (χ1n) is 5.12. The molecule has 0 bridgehead atoms. The molecule has 0 aliphatic heterocycles. The number of benzene rings is 1. The molecule has 1 N–H and O–H groups in total. The minimum Gasteiger partial charge on any atom is -0.364 e. The molecule has 18 heavy (non-hydrogen) atoms. The molecule has 2 aromatic heterocycles. The summed E-state index contributed by atoms with van der Waals surface area (Å²) in [6.45, 7) is 0.413. The molecule has 0 spiro atoms. The molecule has 1 aromatic carbocycles. The number of rotatable bonds is 2. The van der Waals surface area contributed by atoms with Gasteiger partial charge in [0.05, 0.1) is 22.6 Å². The van der Waals surface area contributed by atoms with E-state index in [0.29, 0.717) is 28.0 Å². The van der Waals surface area contributed by atoms with Gasteiger partial charge in [0.1, 0.15) is 17.8 Å². The summed E-state index contributed by atoms with van der Waals surface area (Å²) in [7, 11) is 0. The molecular weight excluding hydrogens is 277 g/mol. The molecule has 0 fully saturated rings. The molecule has 0 aliphatic rings. The third-order valence-corrected chi connectivity index (χ3v) is 3.24. The Balaban J connectivity index is 2.19. The second-order valence-corrected chi connectivity index (χ2v) is 4.58. The summed E-state index contributed by atoms with van der Waals surface area (Å²) < 4.78 is 20.5. The zero-order valence-corrected chi connectivity index (χ0v) is 10.6. The molecular formula is C11H7ClFN3OS. The Hall–Kier alpha value is -1.66. The highest BCUT2D eigenvalue weighted by Gasteiger charge is 2.10.